The van der Waals surface area contributed by atoms with Gasteiger partial charge < -0.3 is 14.6 Å². The number of ether oxygens (including phenoxy) is 2. The zero-order valence-corrected chi connectivity index (χ0v) is 10.5. The SMILES string of the molecule is COc1cccc(N2CC(C)(CCO)OC2=O)c1. The third-order valence-corrected chi connectivity index (χ3v) is 3.05. The first-order chi connectivity index (χ1) is 8.58. The lowest BCUT2D eigenvalue weighted by Crippen LogP contribution is -2.32. The highest BCUT2D eigenvalue weighted by molar-refractivity contribution is 5.90. The van der Waals surface area contributed by atoms with E-state index >= 15 is 0 Å². The van der Waals surface area contributed by atoms with E-state index in [1.807, 2.05) is 25.1 Å². The molecular weight excluding hydrogens is 234 g/mol. The molecule has 5 nitrogen and oxygen atoms in total. The number of nitrogens with zero attached hydrogens (tertiary/aromatic N) is 1. The number of rotatable bonds is 4. The minimum atomic E-state index is -0.630. The van der Waals surface area contributed by atoms with Crippen molar-refractivity contribution in [3.63, 3.8) is 0 Å². The average molecular weight is 251 g/mol. The van der Waals surface area contributed by atoms with E-state index in [-0.39, 0.29) is 12.7 Å². The molecule has 0 radical (unpaired) electrons. The molecule has 1 unspecified atom stereocenters. The molecule has 1 heterocycles. The van der Waals surface area contributed by atoms with E-state index in [4.69, 9.17) is 14.6 Å². The van der Waals surface area contributed by atoms with Crippen LogP contribution < -0.4 is 9.64 Å². The van der Waals surface area contributed by atoms with Gasteiger partial charge in [0.2, 0.25) is 0 Å². The maximum absolute atomic E-state index is 11.8. The van der Waals surface area contributed by atoms with Gasteiger partial charge in [-0.25, -0.2) is 4.79 Å². The number of aliphatic hydroxyl groups excluding tert-OH is 1. The van der Waals surface area contributed by atoms with Crippen LogP contribution in [0.3, 0.4) is 0 Å². The maximum atomic E-state index is 11.8. The molecule has 1 N–H and O–H groups in total. The summed E-state index contributed by atoms with van der Waals surface area (Å²) in [5.41, 5.74) is 0.107. The highest BCUT2D eigenvalue weighted by atomic mass is 16.6. The molecule has 1 fully saturated rings. The number of amides is 1. The van der Waals surface area contributed by atoms with Crippen molar-refractivity contribution in [2.75, 3.05) is 25.2 Å². The number of anilines is 1. The summed E-state index contributed by atoms with van der Waals surface area (Å²) in [5.74, 6) is 0.691. The molecule has 0 aromatic heterocycles. The van der Waals surface area contributed by atoms with Gasteiger partial charge >= 0.3 is 6.09 Å². The van der Waals surface area contributed by atoms with Crippen LogP contribution in [0.1, 0.15) is 13.3 Å². The summed E-state index contributed by atoms with van der Waals surface area (Å²) in [6, 6.07) is 7.25. The van der Waals surface area contributed by atoms with E-state index in [9.17, 15) is 4.79 Å². The normalized spacial score (nSPS) is 23.1. The van der Waals surface area contributed by atoms with Gasteiger partial charge in [0, 0.05) is 19.1 Å². The monoisotopic (exact) mass is 251 g/mol. The quantitative estimate of drug-likeness (QED) is 0.886. The summed E-state index contributed by atoms with van der Waals surface area (Å²) in [7, 11) is 1.58. The van der Waals surface area contributed by atoms with Crippen LogP contribution in [0.25, 0.3) is 0 Å². The molecule has 1 aromatic carbocycles. The Balaban J connectivity index is 2.21. The molecule has 0 saturated carbocycles. The summed E-state index contributed by atoms with van der Waals surface area (Å²) in [6.07, 6.45) is 0.0401. The van der Waals surface area contributed by atoms with Gasteiger partial charge in [-0.1, -0.05) is 6.07 Å². The second-order valence-electron chi connectivity index (χ2n) is 4.58. The third kappa shape index (κ3) is 2.41. The third-order valence-electron chi connectivity index (χ3n) is 3.05. The van der Waals surface area contributed by atoms with Crippen LogP contribution in [-0.4, -0.2) is 37.1 Å². The van der Waals surface area contributed by atoms with Crippen LogP contribution in [0.4, 0.5) is 10.5 Å². The van der Waals surface area contributed by atoms with E-state index in [1.54, 1.807) is 18.1 Å². The van der Waals surface area contributed by atoms with Crippen molar-refractivity contribution >= 4 is 11.8 Å². The lowest BCUT2D eigenvalue weighted by Gasteiger charge is -2.20. The van der Waals surface area contributed by atoms with Crippen molar-refractivity contribution < 1.29 is 19.4 Å². The van der Waals surface area contributed by atoms with Crippen LogP contribution in [0, 0.1) is 0 Å². The molecule has 5 heteroatoms. The Labute approximate surface area is 106 Å². The molecule has 98 valence electrons. The smallest absolute Gasteiger partial charge is 0.415 e. The van der Waals surface area contributed by atoms with Gasteiger partial charge in [-0.2, -0.15) is 0 Å². The van der Waals surface area contributed by atoms with Crippen molar-refractivity contribution in [2.24, 2.45) is 0 Å². The number of cyclic esters (lactones) is 1. The van der Waals surface area contributed by atoms with Gasteiger partial charge in [0.25, 0.3) is 0 Å². The molecular formula is C13H17NO4. The Bertz CT molecular complexity index is 448. The van der Waals surface area contributed by atoms with E-state index in [1.165, 1.54) is 0 Å². The van der Waals surface area contributed by atoms with Gasteiger partial charge in [0.15, 0.2) is 0 Å². The highest BCUT2D eigenvalue weighted by Crippen LogP contribution is 2.31. The van der Waals surface area contributed by atoms with Crippen molar-refractivity contribution in [3.8, 4) is 5.75 Å². The van der Waals surface area contributed by atoms with Crippen molar-refractivity contribution in [2.45, 2.75) is 18.9 Å². The van der Waals surface area contributed by atoms with Crippen LogP contribution in [0.5, 0.6) is 5.75 Å². The standard InChI is InChI=1S/C13H17NO4/c1-13(6-7-15)9-14(12(16)18-13)10-4-3-5-11(8-10)17-2/h3-5,8,15H,6-7,9H2,1-2H3. The molecule has 18 heavy (non-hydrogen) atoms. The highest BCUT2D eigenvalue weighted by Gasteiger charge is 2.41. The molecule has 1 aliphatic rings. The molecule has 0 aliphatic carbocycles. The minimum Gasteiger partial charge on any atom is -0.497 e. The van der Waals surface area contributed by atoms with Crippen LogP contribution >= 0.6 is 0 Å². The molecule has 1 saturated heterocycles. The first-order valence-corrected chi connectivity index (χ1v) is 5.83. The zero-order valence-electron chi connectivity index (χ0n) is 10.5. The largest absolute Gasteiger partial charge is 0.497 e. The Hall–Kier alpha value is -1.75. The number of methoxy groups -OCH3 is 1. The fourth-order valence-corrected chi connectivity index (χ4v) is 2.04. The molecule has 1 aromatic rings. The predicted molar refractivity (Wildman–Crippen MR) is 66.9 cm³/mol. The summed E-state index contributed by atoms with van der Waals surface area (Å²) in [5, 5.41) is 8.99. The Morgan fingerprint density at radius 2 is 2.33 bits per heavy atom. The van der Waals surface area contributed by atoms with Gasteiger partial charge in [-0.05, 0) is 19.1 Å². The Morgan fingerprint density at radius 1 is 1.56 bits per heavy atom. The van der Waals surface area contributed by atoms with E-state index < -0.39 is 5.60 Å². The van der Waals surface area contributed by atoms with Crippen LogP contribution in [0.2, 0.25) is 0 Å². The predicted octanol–water partition coefficient (Wildman–Crippen LogP) is 1.79. The minimum absolute atomic E-state index is 0.00424. The molecule has 0 spiro atoms. The Morgan fingerprint density at radius 3 is 3.00 bits per heavy atom. The fraction of sp³-hybridized carbons (Fsp3) is 0.462. The number of carbonyl (C=O) groups excluding carboxylic acids is 1. The van der Waals surface area contributed by atoms with Gasteiger partial charge in [0.05, 0.1) is 19.3 Å². The van der Waals surface area contributed by atoms with Crippen molar-refractivity contribution in [3.05, 3.63) is 24.3 Å². The van der Waals surface area contributed by atoms with Gasteiger partial charge in [-0.3, -0.25) is 4.90 Å². The maximum Gasteiger partial charge on any atom is 0.415 e. The number of hydrogen-bond donors (Lipinski definition) is 1. The molecule has 2 rings (SSSR count). The number of benzene rings is 1. The molecule has 1 aliphatic heterocycles. The van der Waals surface area contributed by atoms with E-state index in [0.29, 0.717) is 18.7 Å². The molecule has 1 amide bonds. The average Bonchev–Trinajstić information content (AvgIpc) is 2.65. The summed E-state index contributed by atoms with van der Waals surface area (Å²) < 4.78 is 10.4. The second-order valence-corrected chi connectivity index (χ2v) is 4.58. The van der Waals surface area contributed by atoms with Gasteiger partial charge in [-0.15, -0.1) is 0 Å². The first-order valence-electron chi connectivity index (χ1n) is 5.83. The van der Waals surface area contributed by atoms with Crippen molar-refractivity contribution in [1.29, 1.82) is 0 Å². The molecule has 1 atom stereocenters. The summed E-state index contributed by atoms with van der Waals surface area (Å²) >= 11 is 0. The number of hydrogen-bond acceptors (Lipinski definition) is 4. The van der Waals surface area contributed by atoms with E-state index in [2.05, 4.69) is 0 Å². The summed E-state index contributed by atoms with van der Waals surface area (Å²) in [4.78, 5) is 13.4. The Kier molecular flexibility index (Phi) is 3.43. The topological polar surface area (TPSA) is 59.0 Å². The van der Waals surface area contributed by atoms with Gasteiger partial charge in [0.1, 0.15) is 11.4 Å². The number of aliphatic hydroxyl groups is 1. The number of carbonyl (C=O) groups is 1. The second kappa shape index (κ2) is 4.86. The summed E-state index contributed by atoms with van der Waals surface area (Å²) in [6.45, 7) is 2.25. The van der Waals surface area contributed by atoms with E-state index in [0.717, 1.165) is 5.69 Å². The van der Waals surface area contributed by atoms with Crippen LogP contribution in [-0.2, 0) is 4.74 Å². The first kappa shape index (κ1) is 12.7. The molecule has 0 bridgehead atoms. The zero-order chi connectivity index (χ0) is 13.2. The lowest BCUT2D eigenvalue weighted by molar-refractivity contribution is 0.0502. The fourth-order valence-electron chi connectivity index (χ4n) is 2.04. The lowest BCUT2D eigenvalue weighted by atomic mass is 10.0. The van der Waals surface area contributed by atoms with Crippen molar-refractivity contribution in [1.82, 2.24) is 0 Å². The van der Waals surface area contributed by atoms with Crippen LogP contribution in [0.15, 0.2) is 24.3 Å².